The monoisotopic (exact) mass is 394 g/mol. The molecule has 2 amide bonds. The molecule has 1 aliphatic carbocycles. The first-order valence-electron chi connectivity index (χ1n) is 8.76. The van der Waals surface area contributed by atoms with Crippen molar-refractivity contribution in [3.8, 4) is 11.5 Å². The first kappa shape index (κ1) is 19.9. The molecule has 0 aliphatic heterocycles. The molecule has 2 aromatic rings. The summed E-state index contributed by atoms with van der Waals surface area (Å²) < 4.78 is 47.3. The number of ether oxygens (including phenoxy) is 2. The van der Waals surface area contributed by atoms with E-state index in [2.05, 4.69) is 10.1 Å². The van der Waals surface area contributed by atoms with E-state index in [9.17, 15) is 18.0 Å². The number of hydrogen-bond donors (Lipinski definition) is 1. The third kappa shape index (κ3) is 4.88. The number of carbonyl (C=O) groups is 1. The summed E-state index contributed by atoms with van der Waals surface area (Å²) in [5.74, 6) is 0.00703. The van der Waals surface area contributed by atoms with Gasteiger partial charge in [0.2, 0.25) is 0 Å². The molecule has 8 heteroatoms. The summed E-state index contributed by atoms with van der Waals surface area (Å²) in [6.07, 6.45) is 0.804. The average Bonchev–Trinajstić information content (AvgIpc) is 3.42. The number of nitrogens with zero attached hydrogens (tertiary/aromatic N) is 1. The lowest BCUT2D eigenvalue weighted by molar-refractivity contribution is -0.0512. The molecular weight excluding hydrogens is 373 g/mol. The van der Waals surface area contributed by atoms with E-state index < -0.39 is 6.61 Å². The zero-order valence-electron chi connectivity index (χ0n) is 15.5. The van der Waals surface area contributed by atoms with Crippen molar-refractivity contribution in [2.24, 2.45) is 0 Å². The summed E-state index contributed by atoms with van der Waals surface area (Å²) in [5, 5.41) is 2.94. The molecule has 1 fully saturated rings. The number of amides is 2. The van der Waals surface area contributed by atoms with Crippen molar-refractivity contribution < 1.29 is 27.4 Å². The van der Waals surface area contributed by atoms with Gasteiger partial charge >= 0.3 is 12.6 Å². The van der Waals surface area contributed by atoms with Crippen LogP contribution < -0.4 is 14.8 Å². The van der Waals surface area contributed by atoms with Crippen LogP contribution in [0.5, 0.6) is 11.5 Å². The number of nitrogens with one attached hydrogen (secondary N) is 1. The van der Waals surface area contributed by atoms with Gasteiger partial charge in [0, 0.05) is 25.6 Å². The number of hydrogen-bond acceptors (Lipinski definition) is 3. The van der Waals surface area contributed by atoms with E-state index in [1.165, 1.54) is 30.2 Å². The zero-order valence-corrected chi connectivity index (χ0v) is 15.5. The molecule has 0 radical (unpaired) electrons. The van der Waals surface area contributed by atoms with Crippen LogP contribution in [0.25, 0.3) is 0 Å². The smallest absolute Gasteiger partial charge is 0.387 e. The predicted octanol–water partition coefficient (Wildman–Crippen LogP) is 4.13. The third-order valence-electron chi connectivity index (χ3n) is 4.61. The second-order valence-corrected chi connectivity index (χ2v) is 6.67. The van der Waals surface area contributed by atoms with Crippen LogP contribution in [0.1, 0.15) is 23.5 Å². The highest BCUT2D eigenvalue weighted by Gasteiger charge is 2.39. The second kappa shape index (κ2) is 8.41. The first-order chi connectivity index (χ1) is 13.4. The Morgan fingerprint density at radius 1 is 1.21 bits per heavy atom. The zero-order chi connectivity index (χ0) is 20.3. The SMILES string of the molecule is COc1cc(CN(C)C(=O)N[C@@H]2C[C@H]2c2ccc(F)cc2)ccc1OC(F)F. The van der Waals surface area contributed by atoms with Gasteiger partial charge in [0.15, 0.2) is 11.5 Å². The molecule has 2 aromatic carbocycles. The number of halogens is 3. The number of alkyl halides is 2. The van der Waals surface area contributed by atoms with Crippen LogP contribution in [-0.2, 0) is 6.54 Å². The largest absolute Gasteiger partial charge is 0.493 e. The van der Waals surface area contributed by atoms with Crippen LogP contribution >= 0.6 is 0 Å². The number of carbonyl (C=O) groups excluding carboxylic acids is 1. The van der Waals surface area contributed by atoms with Crippen LogP contribution in [0, 0.1) is 5.82 Å². The second-order valence-electron chi connectivity index (χ2n) is 6.67. The van der Waals surface area contributed by atoms with E-state index in [4.69, 9.17) is 4.74 Å². The normalized spacial score (nSPS) is 17.9. The summed E-state index contributed by atoms with van der Waals surface area (Å²) in [6, 6.07) is 10.6. The Morgan fingerprint density at radius 3 is 2.57 bits per heavy atom. The molecule has 1 N–H and O–H groups in total. The van der Waals surface area contributed by atoms with Gasteiger partial charge in [-0.05, 0) is 41.8 Å². The predicted molar refractivity (Wildman–Crippen MR) is 97.2 cm³/mol. The summed E-state index contributed by atoms with van der Waals surface area (Å²) in [7, 11) is 3.00. The maximum Gasteiger partial charge on any atom is 0.387 e. The Hall–Kier alpha value is -2.90. The fourth-order valence-corrected chi connectivity index (χ4v) is 3.05. The highest BCUT2D eigenvalue weighted by molar-refractivity contribution is 5.75. The fourth-order valence-electron chi connectivity index (χ4n) is 3.05. The van der Waals surface area contributed by atoms with E-state index in [1.807, 2.05) is 0 Å². The Labute approximate surface area is 161 Å². The van der Waals surface area contributed by atoms with Gasteiger partial charge in [-0.1, -0.05) is 18.2 Å². The van der Waals surface area contributed by atoms with E-state index in [0.29, 0.717) is 5.56 Å². The van der Waals surface area contributed by atoms with Gasteiger partial charge in [-0.2, -0.15) is 8.78 Å². The van der Waals surface area contributed by atoms with Crippen LogP contribution in [0.15, 0.2) is 42.5 Å². The van der Waals surface area contributed by atoms with Crippen molar-refractivity contribution in [3.63, 3.8) is 0 Å². The Morgan fingerprint density at radius 2 is 1.93 bits per heavy atom. The van der Waals surface area contributed by atoms with E-state index in [0.717, 1.165) is 12.0 Å². The Bertz CT molecular complexity index is 830. The lowest BCUT2D eigenvalue weighted by Gasteiger charge is -2.19. The molecule has 5 nitrogen and oxygen atoms in total. The number of rotatable bonds is 7. The van der Waals surface area contributed by atoms with Crippen molar-refractivity contribution >= 4 is 6.03 Å². The highest BCUT2D eigenvalue weighted by Crippen LogP contribution is 2.40. The van der Waals surface area contributed by atoms with E-state index in [1.54, 1.807) is 31.3 Å². The Kier molecular flexibility index (Phi) is 5.96. The average molecular weight is 394 g/mol. The summed E-state index contributed by atoms with van der Waals surface area (Å²) in [5.41, 5.74) is 1.70. The number of methoxy groups -OCH3 is 1. The fraction of sp³-hybridized carbons (Fsp3) is 0.350. The molecule has 0 spiro atoms. The van der Waals surface area contributed by atoms with Crippen LogP contribution in [0.4, 0.5) is 18.0 Å². The van der Waals surface area contributed by atoms with E-state index >= 15 is 0 Å². The minimum absolute atomic E-state index is 0.0109. The summed E-state index contributed by atoms with van der Waals surface area (Å²) in [6.45, 7) is -2.67. The lowest BCUT2D eigenvalue weighted by atomic mass is 10.1. The minimum atomic E-state index is -2.94. The van der Waals surface area contributed by atoms with Gasteiger partial charge in [-0.25, -0.2) is 9.18 Å². The molecule has 150 valence electrons. The first-order valence-corrected chi connectivity index (χ1v) is 8.76. The van der Waals surface area contributed by atoms with Crippen LogP contribution in [-0.4, -0.2) is 37.7 Å². The molecule has 0 aromatic heterocycles. The lowest BCUT2D eigenvalue weighted by Crippen LogP contribution is -2.38. The number of urea groups is 1. The standard InChI is InChI=1S/C20H21F3N2O3/c1-25(11-12-3-8-17(28-19(22)23)18(9-12)27-2)20(26)24-16-10-15(16)13-4-6-14(21)7-5-13/h3-9,15-16,19H,10-11H2,1-2H3,(H,24,26)/t15-,16+/m0/s1. The van der Waals surface area contributed by atoms with Crippen molar-refractivity contribution in [2.45, 2.75) is 31.5 Å². The van der Waals surface area contributed by atoms with Gasteiger partial charge in [0.25, 0.3) is 0 Å². The molecule has 1 aliphatic rings. The van der Waals surface area contributed by atoms with Crippen LogP contribution in [0.2, 0.25) is 0 Å². The maximum absolute atomic E-state index is 13.0. The maximum atomic E-state index is 13.0. The summed E-state index contributed by atoms with van der Waals surface area (Å²) >= 11 is 0. The summed E-state index contributed by atoms with van der Waals surface area (Å²) in [4.78, 5) is 13.9. The quantitative estimate of drug-likeness (QED) is 0.768. The minimum Gasteiger partial charge on any atom is -0.493 e. The van der Waals surface area contributed by atoms with Gasteiger partial charge < -0.3 is 19.7 Å². The van der Waals surface area contributed by atoms with Crippen molar-refractivity contribution in [1.29, 1.82) is 0 Å². The topological polar surface area (TPSA) is 50.8 Å². The molecule has 3 rings (SSSR count). The number of benzene rings is 2. The molecule has 0 bridgehead atoms. The van der Waals surface area contributed by atoms with Gasteiger partial charge in [-0.15, -0.1) is 0 Å². The van der Waals surface area contributed by atoms with Crippen LogP contribution in [0.3, 0.4) is 0 Å². The molecular formula is C20H21F3N2O3. The van der Waals surface area contributed by atoms with Crippen molar-refractivity contribution in [2.75, 3.05) is 14.2 Å². The van der Waals surface area contributed by atoms with Gasteiger partial charge in [0.1, 0.15) is 5.82 Å². The molecule has 28 heavy (non-hydrogen) atoms. The van der Waals surface area contributed by atoms with Gasteiger partial charge in [0.05, 0.1) is 7.11 Å². The third-order valence-corrected chi connectivity index (χ3v) is 4.61. The van der Waals surface area contributed by atoms with Crippen molar-refractivity contribution in [3.05, 3.63) is 59.4 Å². The molecule has 1 saturated carbocycles. The molecule has 0 unspecified atom stereocenters. The van der Waals surface area contributed by atoms with Crippen molar-refractivity contribution in [1.82, 2.24) is 10.2 Å². The van der Waals surface area contributed by atoms with E-state index in [-0.39, 0.29) is 41.9 Å². The molecule has 0 heterocycles. The molecule has 2 atom stereocenters. The Balaban J connectivity index is 1.55. The molecule has 0 saturated heterocycles. The van der Waals surface area contributed by atoms with Gasteiger partial charge in [-0.3, -0.25) is 0 Å². The highest BCUT2D eigenvalue weighted by atomic mass is 19.3.